The summed E-state index contributed by atoms with van der Waals surface area (Å²) < 4.78 is 0.808. The summed E-state index contributed by atoms with van der Waals surface area (Å²) >= 11 is 9.82. The number of benzene rings is 3. The van der Waals surface area contributed by atoms with Crippen LogP contribution < -0.4 is 4.90 Å². The van der Waals surface area contributed by atoms with Crippen LogP contribution in [-0.2, 0) is 9.59 Å². The highest BCUT2D eigenvalue weighted by Crippen LogP contribution is 2.61. The standard InChI is InChI=1S/C24H15BrClNO2/c25-12-9-10-18(17(26)11-12)27-23(28)21-19-13-5-1-2-6-14(13)20(22(21)24(27)29)16-8-4-3-7-15(16)19/h1-11,19-22H/t19?,20?,21-,22-/m0/s1. The van der Waals surface area contributed by atoms with Crippen LogP contribution in [0.1, 0.15) is 34.1 Å². The number of hydrogen-bond acceptors (Lipinski definition) is 2. The number of imide groups is 1. The van der Waals surface area contributed by atoms with E-state index in [9.17, 15) is 9.59 Å². The Morgan fingerprint density at radius 3 is 1.59 bits per heavy atom. The Balaban J connectivity index is 1.57. The van der Waals surface area contributed by atoms with Crippen LogP contribution in [0.25, 0.3) is 0 Å². The molecule has 3 nitrogen and oxygen atoms in total. The van der Waals surface area contributed by atoms with E-state index in [0.29, 0.717) is 10.7 Å². The molecule has 5 heteroatoms. The molecule has 1 fully saturated rings. The van der Waals surface area contributed by atoms with Gasteiger partial charge in [0.15, 0.2) is 0 Å². The molecular formula is C24H15BrClNO2. The van der Waals surface area contributed by atoms with E-state index >= 15 is 0 Å². The Hall–Kier alpha value is -2.43. The molecule has 3 aromatic carbocycles. The van der Waals surface area contributed by atoms with E-state index in [-0.39, 0.29) is 23.7 Å². The molecule has 1 aliphatic heterocycles. The molecule has 29 heavy (non-hydrogen) atoms. The third-order valence-electron chi connectivity index (χ3n) is 6.60. The second-order valence-electron chi connectivity index (χ2n) is 7.87. The van der Waals surface area contributed by atoms with Gasteiger partial charge in [0.05, 0.1) is 22.5 Å². The number of hydrogen-bond donors (Lipinski definition) is 0. The number of amides is 2. The average Bonchev–Trinajstić information content (AvgIpc) is 2.99. The highest BCUT2D eigenvalue weighted by Gasteiger charge is 2.61. The largest absolute Gasteiger partial charge is 0.274 e. The van der Waals surface area contributed by atoms with Gasteiger partial charge in [0.1, 0.15) is 0 Å². The van der Waals surface area contributed by atoms with Crippen LogP contribution in [0.5, 0.6) is 0 Å². The Bertz CT molecular complexity index is 1110. The summed E-state index contributed by atoms with van der Waals surface area (Å²) in [6.45, 7) is 0. The molecule has 0 saturated carbocycles. The maximum Gasteiger partial charge on any atom is 0.238 e. The van der Waals surface area contributed by atoms with E-state index in [2.05, 4.69) is 40.2 Å². The molecule has 142 valence electrons. The first kappa shape index (κ1) is 17.4. The third kappa shape index (κ3) is 2.19. The monoisotopic (exact) mass is 463 g/mol. The zero-order valence-electron chi connectivity index (χ0n) is 15.2. The fourth-order valence-electron chi connectivity index (χ4n) is 5.58. The number of carbonyl (C=O) groups excluding carboxylic acids is 2. The first-order valence-corrected chi connectivity index (χ1v) is 10.8. The Morgan fingerprint density at radius 2 is 1.17 bits per heavy atom. The fourth-order valence-corrected chi connectivity index (χ4v) is 6.34. The van der Waals surface area contributed by atoms with Crippen LogP contribution in [0, 0.1) is 11.8 Å². The Kier molecular flexibility index (Phi) is 3.63. The van der Waals surface area contributed by atoms with Crippen molar-refractivity contribution in [2.75, 3.05) is 4.90 Å². The van der Waals surface area contributed by atoms with Crippen LogP contribution in [0.15, 0.2) is 71.2 Å². The van der Waals surface area contributed by atoms with Gasteiger partial charge in [0, 0.05) is 16.3 Å². The SMILES string of the molecule is O=C1[C@H]2C3c4ccccc4C(c4ccccc43)[C@@H]2C(=O)N1c1ccc(Br)cc1Cl. The van der Waals surface area contributed by atoms with Crippen molar-refractivity contribution in [1.29, 1.82) is 0 Å². The van der Waals surface area contributed by atoms with Crippen molar-refractivity contribution in [3.8, 4) is 0 Å². The quantitative estimate of drug-likeness (QED) is 0.446. The zero-order chi connectivity index (χ0) is 19.9. The van der Waals surface area contributed by atoms with Crippen molar-refractivity contribution in [3.63, 3.8) is 0 Å². The lowest BCUT2D eigenvalue weighted by molar-refractivity contribution is -0.122. The van der Waals surface area contributed by atoms with E-state index < -0.39 is 11.8 Å². The van der Waals surface area contributed by atoms with Crippen LogP contribution in [-0.4, -0.2) is 11.8 Å². The predicted octanol–water partition coefficient (Wildman–Crippen LogP) is 5.50. The molecule has 3 aliphatic carbocycles. The summed E-state index contributed by atoms with van der Waals surface area (Å²) in [4.78, 5) is 28.6. The minimum Gasteiger partial charge on any atom is -0.274 e. The van der Waals surface area contributed by atoms with E-state index in [0.717, 1.165) is 4.47 Å². The van der Waals surface area contributed by atoms with Crippen LogP contribution >= 0.6 is 27.5 Å². The number of halogens is 2. The molecule has 4 aliphatic rings. The molecular weight excluding hydrogens is 450 g/mol. The van der Waals surface area contributed by atoms with E-state index in [4.69, 9.17) is 11.6 Å². The first-order chi connectivity index (χ1) is 14.1. The second-order valence-corrected chi connectivity index (χ2v) is 9.20. The van der Waals surface area contributed by atoms with Gasteiger partial charge in [0.25, 0.3) is 0 Å². The molecule has 0 spiro atoms. The van der Waals surface area contributed by atoms with Gasteiger partial charge in [-0.1, -0.05) is 76.1 Å². The summed E-state index contributed by atoms with van der Waals surface area (Å²) in [7, 11) is 0. The molecule has 0 unspecified atom stereocenters. The molecule has 2 amide bonds. The van der Waals surface area contributed by atoms with E-state index in [1.807, 2.05) is 30.3 Å². The number of nitrogens with zero attached hydrogens (tertiary/aromatic N) is 1. The Morgan fingerprint density at radius 1 is 0.724 bits per heavy atom. The molecule has 0 radical (unpaired) electrons. The predicted molar refractivity (Wildman–Crippen MR) is 115 cm³/mol. The fraction of sp³-hybridized carbons (Fsp3) is 0.167. The lowest BCUT2D eigenvalue weighted by atomic mass is 9.55. The lowest BCUT2D eigenvalue weighted by Gasteiger charge is -2.45. The molecule has 0 N–H and O–H groups in total. The van der Waals surface area contributed by atoms with Crippen molar-refractivity contribution < 1.29 is 9.59 Å². The number of carbonyl (C=O) groups is 2. The van der Waals surface area contributed by atoms with Crippen molar-refractivity contribution in [1.82, 2.24) is 0 Å². The maximum atomic E-state index is 13.6. The van der Waals surface area contributed by atoms with Crippen molar-refractivity contribution in [3.05, 3.63) is 98.5 Å². The smallest absolute Gasteiger partial charge is 0.238 e. The zero-order valence-corrected chi connectivity index (χ0v) is 17.5. The summed E-state index contributed by atoms with van der Waals surface area (Å²) in [6.07, 6.45) is 0. The van der Waals surface area contributed by atoms with Gasteiger partial charge in [0.2, 0.25) is 11.8 Å². The van der Waals surface area contributed by atoms with Gasteiger partial charge in [-0.15, -0.1) is 0 Å². The van der Waals surface area contributed by atoms with Gasteiger partial charge in [-0.05, 0) is 40.5 Å². The van der Waals surface area contributed by atoms with Crippen LogP contribution in [0.3, 0.4) is 0 Å². The second kappa shape index (κ2) is 6.04. The molecule has 2 atom stereocenters. The summed E-state index contributed by atoms with van der Waals surface area (Å²) in [6, 6.07) is 21.7. The minimum atomic E-state index is -0.392. The minimum absolute atomic E-state index is 0.104. The molecule has 1 saturated heterocycles. The van der Waals surface area contributed by atoms with Crippen molar-refractivity contribution in [2.45, 2.75) is 11.8 Å². The van der Waals surface area contributed by atoms with Crippen LogP contribution in [0.2, 0.25) is 5.02 Å². The van der Waals surface area contributed by atoms with E-state index in [1.54, 1.807) is 12.1 Å². The summed E-state index contributed by atoms with van der Waals surface area (Å²) in [5.41, 5.74) is 5.14. The first-order valence-electron chi connectivity index (χ1n) is 9.58. The summed E-state index contributed by atoms with van der Waals surface area (Å²) in [5, 5.41) is 0.391. The van der Waals surface area contributed by atoms with Gasteiger partial charge in [-0.25, -0.2) is 4.90 Å². The van der Waals surface area contributed by atoms with Gasteiger partial charge in [-0.3, -0.25) is 9.59 Å². The van der Waals surface area contributed by atoms with Crippen molar-refractivity contribution in [2.24, 2.45) is 11.8 Å². The molecule has 2 bridgehead atoms. The van der Waals surface area contributed by atoms with Gasteiger partial charge >= 0.3 is 0 Å². The highest BCUT2D eigenvalue weighted by molar-refractivity contribution is 9.10. The van der Waals surface area contributed by atoms with Crippen molar-refractivity contribution >= 4 is 45.0 Å². The number of rotatable bonds is 1. The number of anilines is 1. The summed E-state index contributed by atoms with van der Waals surface area (Å²) in [5.74, 6) is -1.29. The topological polar surface area (TPSA) is 37.4 Å². The highest BCUT2D eigenvalue weighted by atomic mass is 79.9. The third-order valence-corrected chi connectivity index (χ3v) is 7.40. The molecule has 7 rings (SSSR count). The molecule has 3 aromatic rings. The maximum absolute atomic E-state index is 13.6. The van der Waals surface area contributed by atoms with Gasteiger partial charge in [-0.2, -0.15) is 0 Å². The molecule has 1 heterocycles. The average molecular weight is 465 g/mol. The van der Waals surface area contributed by atoms with E-state index in [1.165, 1.54) is 27.2 Å². The van der Waals surface area contributed by atoms with Crippen LogP contribution in [0.4, 0.5) is 5.69 Å². The lowest BCUT2D eigenvalue weighted by Crippen LogP contribution is -2.41. The molecule has 0 aromatic heterocycles. The normalized spacial score (nSPS) is 26.3. The Labute approximate surface area is 181 Å². The van der Waals surface area contributed by atoms with Gasteiger partial charge < -0.3 is 0 Å².